The van der Waals surface area contributed by atoms with Crippen LogP contribution >= 0.6 is 12.2 Å². The molecule has 0 bridgehead atoms. The Morgan fingerprint density at radius 3 is 2.59 bits per heavy atom. The third-order valence-electron chi connectivity index (χ3n) is 6.31. The van der Waals surface area contributed by atoms with Crippen molar-refractivity contribution in [1.82, 2.24) is 10.2 Å². The fraction of sp³-hybridized carbons (Fsp3) is 0.440. The van der Waals surface area contributed by atoms with Crippen molar-refractivity contribution in [3.8, 4) is 6.07 Å². The molecule has 37 heavy (non-hydrogen) atoms. The molecule has 1 fully saturated rings. The first-order valence-electron chi connectivity index (χ1n) is 11.7. The van der Waals surface area contributed by atoms with Crippen LogP contribution in [0.3, 0.4) is 0 Å². The van der Waals surface area contributed by atoms with E-state index in [4.69, 9.17) is 23.2 Å². The van der Waals surface area contributed by atoms with Gasteiger partial charge in [-0.2, -0.15) is 18.4 Å². The van der Waals surface area contributed by atoms with E-state index in [9.17, 15) is 22.8 Å². The van der Waals surface area contributed by atoms with Crippen LogP contribution in [0.1, 0.15) is 57.1 Å². The van der Waals surface area contributed by atoms with E-state index >= 15 is 4.39 Å². The largest absolute Gasteiger partial charge is 0.417 e. The summed E-state index contributed by atoms with van der Waals surface area (Å²) in [6.07, 6.45) is -1.72. The monoisotopic (exact) mass is 537 g/mol. The molecule has 1 aliphatic carbocycles. The second-order valence-electron chi connectivity index (χ2n) is 9.24. The maximum Gasteiger partial charge on any atom is 0.417 e. The number of hydrogen-bond acceptors (Lipinski definition) is 5. The van der Waals surface area contributed by atoms with E-state index in [0.29, 0.717) is 50.0 Å². The molecule has 0 saturated carbocycles. The number of carbonyl (C=O) groups is 2. The van der Waals surface area contributed by atoms with Gasteiger partial charge in [0.1, 0.15) is 11.4 Å². The van der Waals surface area contributed by atoms with Gasteiger partial charge in [0.2, 0.25) is 5.91 Å². The van der Waals surface area contributed by atoms with Crippen LogP contribution in [-0.2, 0) is 15.8 Å². The number of amides is 2. The van der Waals surface area contributed by atoms with Crippen LogP contribution in [0.5, 0.6) is 0 Å². The highest BCUT2D eigenvalue weighted by Crippen LogP contribution is 2.41. The first-order valence-corrected chi connectivity index (χ1v) is 12.1. The van der Waals surface area contributed by atoms with E-state index in [-0.39, 0.29) is 23.1 Å². The van der Waals surface area contributed by atoms with Crippen LogP contribution < -0.4 is 16.0 Å². The molecule has 7 nitrogen and oxygen atoms in total. The summed E-state index contributed by atoms with van der Waals surface area (Å²) in [7, 11) is 0. The van der Waals surface area contributed by atoms with Gasteiger partial charge >= 0.3 is 6.18 Å². The zero-order valence-electron chi connectivity index (χ0n) is 20.4. The first-order chi connectivity index (χ1) is 17.3. The minimum Gasteiger partial charge on any atom is -0.355 e. The van der Waals surface area contributed by atoms with Gasteiger partial charge in [-0.05, 0) is 81.6 Å². The van der Waals surface area contributed by atoms with Gasteiger partial charge in [-0.15, -0.1) is 0 Å². The Balaban J connectivity index is 1.85. The number of alkyl halides is 3. The highest BCUT2D eigenvalue weighted by Gasteiger charge is 2.51. The Kier molecular flexibility index (Phi) is 8.39. The summed E-state index contributed by atoms with van der Waals surface area (Å²) in [5.41, 5.74) is 3.16. The van der Waals surface area contributed by atoms with Crippen molar-refractivity contribution in [3.63, 3.8) is 0 Å². The lowest BCUT2D eigenvalue weighted by atomic mass is 9.94. The molecule has 0 spiro atoms. The number of nitrogens with zero attached hydrogens (tertiary/aromatic N) is 3. The Hall–Kier alpha value is -3.30. The lowest BCUT2D eigenvalue weighted by Gasteiger charge is -2.33. The summed E-state index contributed by atoms with van der Waals surface area (Å²) in [6.45, 7) is 3.84. The van der Waals surface area contributed by atoms with Gasteiger partial charge in [-0.25, -0.2) is 4.39 Å². The number of nitrogens with two attached hydrogens (primary N) is 1. The van der Waals surface area contributed by atoms with Crippen molar-refractivity contribution in [2.75, 3.05) is 18.0 Å². The van der Waals surface area contributed by atoms with Crippen molar-refractivity contribution in [2.24, 2.45) is 5.73 Å². The van der Waals surface area contributed by atoms with Crippen molar-refractivity contribution >= 4 is 34.8 Å². The second kappa shape index (κ2) is 11.0. The van der Waals surface area contributed by atoms with Gasteiger partial charge in [0.05, 0.1) is 22.9 Å². The number of benzene rings is 1. The molecule has 2 aliphatic rings. The van der Waals surface area contributed by atoms with Gasteiger partial charge in [0.15, 0.2) is 5.11 Å². The van der Waals surface area contributed by atoms with Gasteiger partial charge in [-0.1, -0.05) is 0 Å². The zero-order chi connectivity index (χ0) is 27.5. The third-order valence-corrected chi connectivity index (χ3v) is 6.67. The molecule has 1 saturated heterocycles. The number of thiocarbonyl (C=S) groups is 1. The van der Waals surface area contributed by atoms with Crippen LogP contribution in [0.15, 0.2) is 41.4 Å². The molecule has 198 valence electrons. The molecule has 1 heterocycles. The highest BCUT2D eigenvalue weighted by atomic mass is 32.1. The van der Waals surface area contributed by atoms with Crippen molar-refractivity contribution in [2.45, 2.75) is 57.7 Å². The number of allylic oxidation sites excluding steroid dienone is 4. The number of carbonyl (C=O) groups excluding carboxylic acids is 2. The average Bonchev–Trinajstić information content (AvgIpc) is 3.01. The predicted octanol–water partition coefficient (Wildman–Crippen LogP) is 4.44. The van der Waals surface area contributed by atoms with Crippen molar-refractivity contribution < 1.29 is 27.2 Å². The SMILES string of the molecule is CC1(C)C(=O)N(c2ccc(C#N)c(C(F)(F)F)c2)C(=S)N1C1=CC(F)=C(CCCC(=O)NCCN)CC1. The minimum atomic E-state index is -4.80. The van der Waals surface area contributed by atoms with E-state index < -0.39 is 34.6 Å². The van der Waals surface area contributed by atoms with Crippen LogP contribution in [-0.4, -0.2) is 40.5 Å². The molecule has 1 aromatic carbocycles. The molecule has 0 unspecified atom stereocenters. The molecule has 0 atom stereocenters. The summed E-state index contributed by atoms with van der Waals surface area (Å²) >= 11 is 5.50. The molecular weight excluding hydrogens is 510 g/mol. The fourth-order valence-electron chi connectivity index (χ4n) is 4.41. The molecular formula is C25H27F4N5O2S. The molecule has 1 aliphatic heterocycles. The number of nitriles is 1. The lowest BCUT2D eigenvalue weighted by Crippen LogP contribution is -2.43. The van der Waals surface area contributed by atoms with Gasteiger partial charge in [0.25, 0.3) is 5.91 Å². The number of hydrogen-bond donors (Lipinski definition) is 2. The van der Waals surface area contributed by atoms with Crippen molar-refractivity contribution in [1.29, 1.82) is 5.26 Å². The normalized spacial score (nSPS) is 17.7. The number of nitrogens with one attached hydrogen (secondary N) is 1. The summed E-state index contributed by atoms with van der Waals surface area (Å²) < 4.78 is 55.5. The minimum absolute atomic E-state index is 0.0769. The molecule has 1 aromatic rings. The summed E-state index contributed by atoms with van der Waals surface area (Å²) in [5, 5.41) is 11.6. The Bertz CT molecular complexity index is 1220. The summed E-state index contributed by atoms with van der Waals surface area (Å²) in [4.78, 5) is 27.5. The topological polar surface area (TPSA) is 102 Å². The zero-order valence-corrected chi connectivity index (χ0v) is 21.2. The summed E-state index contributed by atoms with van der Waals surface area (Å²) in [5.74, 6) is -1.21. The number of halogens is 4. The Labute approximate surface area is 217 Å². The number of anilines is 1. The third kappa shape index (κ3) is 5.83. The Morgan fingerprint density at radius 1 is 1.30 bits per heavy atom. The van der Waals surface area contributed by atoms with Crippen molar-refractivity contribution in [3.05, 3.63) is 52.5 Å². The lowest BCUT2D eigenvalue weighted by molar-refractivity contribution is -0.137. The van der Waals surface area contributed by atoms with Crippen LogP contribution in [0.4, 0.5) is 23.2 Å². The maximum atomic E-state index is 15.0. The number of rotatable bonds is 8. The predicted molar refractivity (Wildman–Crippen MR) is 134 cm³/mol. The first kappa shape index (κ1) is 28.3. The maximum absolute atomic E-state index is 15.0. The second-order valence-corrected chi connectivity index (χ2v) is 9.60. The van der Waals surface area contributed by atoms with E-state index in [1.165, 1.54) is 23.1 Å². The molecule has 12 heteroatoms. The molecule has 0 aromatic heterocycles. The molecule has 3 N–H and O–H groups in total. The van der Waals surface area contributed by atoms with Gasteiger partial charge < -0.3 is 16.0 Å². The van der Waals surface area contributed by atoms with Crippen LogP contribution in [0.2, 0.25) is 0 Å². The van der Waals surface area contributed by atoms with Crippen LogP contribution in [0, 0.1) is 11.3 Å². The smallest absolute Gasteiger partial charge is 0.355 e. The highest BCUT2D eigenvalue weighted by molar-refractivity contribution is 7.80. The Morgan fingerprint density at radius 2 is 2.00 bits per heavy atom. The van der Waals surface area contributed by atoms with E-state index in [1.54, 1.807) is 13.8 Å². The van der Waals surface area contributed by atoms with Gasteiger partial charge in [0, 0.05) is 25.2 Å². The van der Waals surface area contributed by atoms with Gasteiger partial charge in [-0.3, -0.25) is 14.5 Å². The molecule has 2 amide bonds. The summed E-state index contributed by atoms with van der Waals surface area (Å²) in [6, 6.07) is 4.46. The quantitative estimate of drug-likeness (QED) is 0.376. The molecule has 3 rings (SSSR count). The van der Waals surface area contributed by atoms with E-state index in [1.807, 2.05) is 0 Å². The average molecular weight is 538 g/mol. The standard InChI is InChI=1S/C25H27F4N5O2S/c1-24(2)22(36)33(17-8-7-16(14-31)19(12-17)25(27,28)29)23(37)34(24)18-9-6-15(20(26)13-18)4-3-5-21(35)32-11-10-30/h7-8,12-13H,3-6,9-11,30H2,1-2H3,(H,32,35). The molecule has 0 radical (unpaired) electrons. The van der Waals surface area contributed by atoms with E-state index in [0.717, 1.165) is 17.0 Å². The fourth-order valence-corrected chi connectivity index (χ4v) is 4.94. The van der Waals surface area contributed by atoms with Crippen LogP contribution in [0.25, 0.3) is 0 Å². The van der Waals surface area contributed by atoms with E-state index in [2.05, 4.69) is 5.32 Å².